The fourth-order valence-electron chi connectivity index (χ4n) is 1.61. The van der Waals surface area contributed by atoms with E-state index < -0.39 is 0 Å². The molecular weight excluding hydrogens is 224 g/mol. The standard InChI is InChI=1S/C12H8OS2/c13-8-5-6-11-12(7-8)15-10-4-2-1-3-9(10)14-11/h1-6H,7H2. The van der Waals surface area contributed by atoms with Crippen LogP contribution in [0.2, 0.25) is 0 Å². The highest BCUT2D eigenvalue weighted by molar-refractivity contribution is 8.09. The van der Waals surface area contributed by atoms with Crippen LogP contribution in [0.1, 0.15) is 6.42 Å². The third-order valence-electron chi connectivity index (χ3n) is 2.33. The summed E-state index contributed by atoms with van der Waals surface area (Å²) in [4.78, 5) is 16.3. The summed E-state index contributed by atoms with van der Waals surface area (Å²) in [7, 11) is 0. The lowest BCUT2D eigenvalue weighted by atomic mass is 10.2. The van der Waals surface area contributed by atoms with Gasteiger partial charge in [-0.3, -0.25) is 4.79 Å². The zero-order valence-corrected chi connectivity index (χ0v) is 9.53. The maximum atomic E-state index is 11.3. The van der Waals surface area contributed by atoms with Gasteiger partial charge in [-0.25, -0.2) is 0 Å². The van der Waals surface area contributed by atoms with Crippen LogP contribution in [0, 0.1) is 0 Å². The number of rotatable bonds is 0. The molecule has 1 aliphatic carbocycles. The first-order valence-corrected chi connectivity index (χ1v) is 6.35. The van der Waals surface area contributed by atoms with E-state index in [0.29, 0.717) is 6.42 Å². The van der Waals surface area contributed by atoms with Crippen LogP contribution >= 0.6 is 23.5 Å². The van der Waals surface area contributed by atoms with Crippen LogP contribution in [0.5, 0.6) is 0 Å². The Kier molecular flexibility index (Phi) is 2.22. The molecule has 0 aromatic heterocycles. The van der Waals surface area contributed by atoms with Crippen LogP contribution in [0.3, 0.4) is 0 Å². The normalized spacial score (nSPS) is 18.8. The van der Waals surface area contributed by atoms with Crippen molar-refractivity contribution in [2.45, 2.75) is 16.2 Å². The molecule has 0 radical (unpaired) electrons. The van der Waals surface area contributed by atoms with Gasteiger partial charge in [0.2, 0.25) is 0 Å². The van der Waals surface area contributed by atoms with Crippen molar-refractivity contribution in [1.29, 1.82) is 0 Å². The van der Waals surface area contributed by atoms with E-state index in [1.54, 1.807) is 29.6 Å². The minimum atomic E-state index is 0.209. The Morgan fingerprint density at radius 3 is 2.53 bits per heavy atom. The number of allylic oxidation sites excluding steroid dienone is 3. The summed E-state index contributed by atoms with van der Waals surface area (Å²) in [5.74, 6) is 0.209. The van der Waals surface area contributed by atoms with Crippen molar-refractivity contribution in [2.24, 2.45) is 0 Å². The molecule has 0 saturated heterocycles. The lowest BCUT2D eigenvalue weighted by Gasteiger charge is -2.21. The maximum absolute atomic E-state index is 11.3. The number of fused-ring (bicyclic) bond motifs is 1. The minimum Gasteiger partial charge on any atom is -0.294 e. The predicted molar refractivity (Wildman–Crippen MR) is 63.9 cm³/mol. The van der Waals surface area contributed by atoms with Gasteiger partial charge in [0.05, 0.1) is 0 Å². The summed E-state index contributed by atoms with van der Waals surface area (Å²) >= 11 is 3.49. The molecule has 0 amide bonds. The molecular formula is C12H8OS2. The summed E-state index contributed by atoms with van der Waals surface area (Å²) < 4.78 is 0. The molecule has 15 heavy (non-hydrogen) atoms. The van der Waals surface area contributed by atoms with E-state index in [1.807, 2.05) is 12.1 Å². The monoisotopic (exact) mass is 232 g/mol. The first-order valence-electron chi connectivity index (χ1n) is 4.72. The third kappa shape index (κ3) is 1.66. The summed E-state index contributed by atoms with van der Waals surface area (Å²) in [5, 5.41) is 0. The summed E-state index contributed by atoms with van der Waals surface area (Å²) in [6, 6.07) is 8.33. The fraction of sp³-hybridized carbons (Fsp3) is 0.0833. The van der Waals surface area contributed by atoms with E-state index in [0.717, 1.165) is 0 Å². The van der Waals surface area contributed by atoms with Gasteiger partial charge in [-0.05, 0) is 24.3 Å². The van der Waals surface area contributed by atoms with E-state index in [1.165, 1.54) is 19.6 Å². The molecule has 1 aromatic rings. The maximum Gasteiger partial charge on any atom is 0.160 e. The molecule has 1 nitrogen and oxygen atoms in total. The topological polar surface area (TPSA) is 17.1 Å². The van der Waals surface area contributed by atoms with Crippen LogP contribution in [0.25, 0.3) is 0 Å². The Morgan fingerprint density at radius 2 is 1.73 bits per heavy atom. The first-order chi connectivity index (χ1) is 7.33. The molecule has 74 valence electrons. The number of carbonyl (C=O) groups is 1. The Labute approximate surface area is 96.6 Å². The molecule has 0 bridgehead atoms. The van der Waals surface area contributed by atoms with Crippen LogP contribution in [0.15, 0.2) is 56.0 Å². The molecule has 3 heteroatoms. The number of carbonyl (C=O) groups excluding carboxylic acids is 1. The number of benzene rings is 1. The number of thioether (sulfide) groups is 2. The summed E-state index contributed by atoms with van der Waals surface area (Å²) in [5.41, 5.74) is 0. The van der Waals surface area contributed by atoms with Crippen LogP contribution < -0.4 is 0 Å². The van der Waals surface area contributed by atoms with Crippen molar-refractivity contribution in [1.82, 2.24) is 0 Å². The Morgan fingerprint density at radius 1 is 1.00 bits per heavy atom. The Balaban J connectivity index is 2.02. The smallest absolute Gasteiger partial charge is 0.160 e. The molecule has 1 heterocycles. The number of hydrogen-bond acceptors (Lipinski definition) is 3. The van der Waals surface area contributed by atoms with Crippen molar-refractivity contribution in [3.05, 3.63) is 46.2 Å². The third-order valence-corrected chi connectivity index (χ3v) is 4.96. The van der Waals surface area contributed by atoms with E-state index in [2.05, 4.69) is 18.2 Å². The second-order valence-electron chi connectivity index (χ2n) is 3.41. The molecule has 0 spiro atoms. The average molecular weight is 232 g/mol. The summed E-state index contributed by atoms with van der Waals surface area (Å²) in [6.45, 7) is 0. The van der Waals surface area contributed by atoms with Crippen LogP contribution in [0.4, 0.5) is 0 Å². The van der Waals surface area contributed by atoms with Crippen molar-refractivity contribution in [2.75, 3.05) is 0 Å². The lowest BCUT2D eigenvalue weighted by molar-refractivity contribution is -0.113. The summed E-state index contributed by atoms with van der Waals surface area (Å²) in [6.07, 6.45) is 4.19. The molecule has 0 saturated carbocycles. The fourth-order valence-corrected chi connectivity index (χ4v) is 3.95. The van der Waals surface area contributed by atoms with Crippen LogP contribution in [-0.2, 0) is 4.79 Å². The van der Waals surface area contributed by atoms with Crippen molar-refractivity contribution in [3.8, 4) is 0 Å². The molecule has 1 aliphatic heterocycles. The first kappa shape index (κ1) is 9.31. The van der Waals surface area contributed by atoms with Gasteiger partial charge < -0.3 is 0 Å². The molecule has 0 unspecified atom stereocenters. The second kappa shape index (κ2) is 3.58. The van der Waals surface area contributed by atoms with Gasteiger partial charge in [-0.1, -0.05) is 35.7 Å². The largest absolute Gasteiger partial charge is 0.294 e. The van der Waals surface area contributed by atoms with Crippen molar-refractivity contribution < 1.29 is 4.79 Å². The molecule has 1 aromatic carbocycles. The Bertz CT molecular complexity index is 500. The lowest BCUT2D eigenvalue weighted by Crippen LogP contribution is -2.03. The van der Waals surface area contributed by atoms with Gasteiger partial charge in [0.1, 0.15) is 0 Å². The van der Waals surface area contributed by atoms with Crippen molar-refractivity contribution in [3.63, 3.8) is 0 Å². The molecule has 3 rings (SSSR count). The number of hydrogen-bond donors (Lipinski definition) is 0. The van der Waals surface area contributed by atoms with E-state index in [-0.39, 0.29) is 5.78 Å². The predicted octanol–water partition coefficient (Wildman–Crippen LogP) is 3.63. The van der Waals surface area contributed by atoms with Gasteiger partial charge in [0, 0.05) is 26.0 Å². The SMILES string of the molecule is O=C1C=CC2=C(C1)Sc1ccccc1S2. The quantitative estimate of drug-likeness (QED) is 0.680. The van der Waals surface area contributed by atoms with E-state index in [9.17, 15) is 4.79 Å². The van der Waals surface area contributed by atoms with Gasteiger partial charge in [-0.15, -0.1) is 0 Å². The average Bonchev–Trinajstić information content (AvgIpc) is 2.26. The van der Waals surface area contributed by atoms with Crippen LogP contribution in [-0.4, -0.2) is 5.78 Å². The number of ketones is 1. The molecule has 2 aliphatic rings. The highest BCUT2D eigenvalue weighted by Crippen LogP contribution is 2.49. The highest BCUT2D eigenvalue weighted by Gasteiger charge is 2.21. The van der Waals surface area contributed by atoms with Gasteiger partial charge in [0.25, 0.3) is 0 Å². The van der Waals surface area contributed by atoms with E-state index >= 15 is 0 Å². The van der Waals surface area contributed by atoms with Gasteiger partial charge in [0.15, 0.2) is 5.78 Å². The van der Waals surface area contributed by atoms with Gasteiger partial charge >= 0.3 is 0 Å². The van der Waals surface area contributed by atoms with E-state index in [4.69, 9.17) is 0 Å². The van der Waals surface area contributed by atoms with Crippen molar-refractivity contribution >= 4 is 29.3 Å². The second-order valence-corrected chi connectivity index (χ2v) is 5.64. The van der Waals surface area contributed by atoms with Gasteiger partial charge in [-0.2, -0.15) is 0 Å². The highest BCUT2D eigenvalue weighted by atomic mass is 32.2. The Hall–Kier alpha value is -0.930. The molecule has 0 fully saturated rings. The molecule has 0 N–H and O–H groups in total. The molecule has 0 atom stereocenters. The zero-order valence-electron chi connectivity index (χ0n) is 7.90. The minimum absolute atomic E-state index is 0.209. The zero-order chi connectivity index (χ0) is 10.3.